The van der Waals surface area contributed by atoms with Gasteiger partial charge in [-0.1, -0.05) is 6.07 Å². The summed E-state index contributed by atoms with van der Waals surface area (Å²) in [6, 6.07) is 4.42. The highest BCUT2D eigenvalue weighted by Crippen LogP contribution is 2.61. The van der Waals surface area contributed by atoms with E-state index >= 15 is 0 Å². The Labute approximate surface area is 146 Å². The van der Waals surface area contributed by atoms with Crippen LogP contribution in [0.1, 0.15) is 49.7 Å². The Bertz CT molecular complexity index is 525. The first-order valence-corrected chi connectivity index (χ1v) is 8.89. The molecule has 4 saturated carbocycles. The monoisotopic (exact) mass is 419 g/mol. The molecule has 5 rings (SSSR count). The van der Waals surface area contributed by atoms with Gasteiger partial charge in [0.25, 0.3) is 0 Å². The van der Waals surface area contributed by atoms with Crippen molar-refractivity contribution in [3.63, 3.8) is 0 Å². The molecule has 4 aliphatic carbocycles. The molecular formula is C17H23ClINO. The fraction of sp³-hybridized carbons (Fsp3) is 0.647. The topological polar surface area (TPSA) is 46.2 Å². The molecule has 0 atom stereocenters. The highest BCUT2D eigenvalue weighted by molar-refractivity contribution is 14.1. The zero-order chi connectivity index (χ0) is 13.9. The lowest BCUT2D eigenvalue weighted by Gasteiger charge is -2.57. The number of nitrogens with two attached hydrogens (primary N) is 1. The Morgan fingerprint density at radius 2 is 1.62 bits per heavy atom. The summed E-state index contributed by atoms with van der Waals surface area (Å²) in [5, 5.41) is 10.1. The molecule has 1 aromatic carbocycles. The van der Waals surface area contributed by atoms with E-state index in [1.165, 1.54) is 44.1 Å². The highest BCUT2D eigenvalue weighted by atomic mass is 127. The first-order valence-electron chi connectivity index (χ1n) is 7.81. The van der Waals surface area contributed by atoms with Crippen LogP contribution in [0.5, 0.6) is 5.75 Å². The molecule has 3 N–H and O–H groups in total. The molecule has 116 valence electrons. The molecule has 0 unspecified atom stereocenters. The maximum atomic E-state index is 10.1. The number of halogens is 2. The summed E-state index contributed by atoms with van der Waals surface area (Å²) in [6.45, 7) is 0.433. The van der Waals surface area contributed by atoms with Gasteiger partial charge in [-0.05, 0) is 95.9 Å². The van der Waals surface area contributed by atoms with Gasteiger partial charge in [0, 0.05) is 12.1 Å². The van der Waals surface area contributed by atoms with Crippen LogP contribution >= 0.6 is 35.0 Å². The van der Waals surface area contributed by atoms with Crippen LogP contribution in [0.4, 0.5) is 0 Å². The number of phenols is 1. The summed E-state index contributed by atoms with van der Waals surface area (Å²) >= 11 is 2.25. The Morgan fingerprint density at radius 3 is 2.10 bits per heavy atom. The summed E-state index contributed by atoms with van der Waals surface area (Å²) in [4.78, 5) is 0. The van der Waals surface area contributed by atoms with Crippen LogP contribution in [0.25, 0.3) is 0 Å². The van der Waals surface area contributed by atoms with Crippen LogP contribution in [0.2, 0.25) is 0 Å². The van der Waals surface area contributed by atoms with Gasteiger partial charge in [0.2, 0.25) is 0 Å². The van der Waals surface area contributed by atoms with Crippen molar-refractivity contribution >= 4 is 35.0 Å². The summed E-state index contributed by atoms with van der Waals surface area (Å²) < 4.78 is 0.969. The van der Waals surface area contributed by atoms with Crippen molar-refractivity contribution in [2.75, 3.05) is 0 Å². The molecule has 4 bridgehead atoms. The largest absolute Gasteiger partial charge is 0.507 e. The molecule has 1 aromatic rings. The number of phenolic OH excluding ortho intramolecular Hbond substituents is 1. The maximum absolute atomic E-state index is 10.1. The second-order valence-corrected chi connectivity index (χ2v) is 8.53. The molecule has 0 spiro atoms. The van der Waals surface area contributed by atoms with E-state index in [4.69, 9.17) is 5.73 Å². The van der Waals surface area contributed by atoms with Gasteiger partial charge in [-0.2, -0.15) is 0 Å². The van der Waals surface area contributed by atoms with Crippen LogP contribution in [0.15, 0.2) is 12.1 Å². The van der Waals surface area contributed by atoms with E-state index in [9.17, 15) is 5.11 Å². The zero-order valence-electron chi connectivity index (χ0n) is 12.1. The van der Waals surface area contributed by atoms with Crippen molar-refractivity contribution in [3.8, 4) is 5.75 Å². The van der Waals surface area contributed by atoms with Crippen molar-refractivity contribution in [2.24, 2.45) is 23.5 Å². The number of rotatable bonds is 2. The molecule has 21 heavy (non-hydrogen) atoms. The van der Waals surface area contributed by atoms with Gasteiger partial charge < -0.3 is 10.8 Å². The van der Waals surface area contributed by atoms with Gasteiger partial charge in [-0.25, -0.2) is 0 Å². The van der Waals surface area contributed by atoms with Gasteiger partial charge in [-0.15, -0.1) is 12.4 Å². The molecule has 0 amide bonds. The van der Waals surface area contributed by atoms with Gasteiger partial charge in [0.1, 0.15) is 5.75 Å². The number of benzene rings is 1. The lowest BCUT2D eigenvalue weighted by Crippen LogP contribution is -2.48. The van der Waals surface area contributed by atoms with Crippen molar-refractivity contribution in [1.82, 2.24) is 0 Å². The number of hydrogen-bond acceptors (Lipinski definition) is 2. The first kappa shape index (κ1) is 15.9. The second kappa shape index (κ2) is 5.57. The Kier molecular flexibility index (Phi) is 4.21. The third-order valence-electron chi connectivity index (χ3n) is 6.01. The predicted molar refractivity (Wildman–Crippen MR) is 95.8 cm³/mol. The van der Waals surface area contributed by atoms with E-state index in [-0.39, 0.29) is 12.4 Å². The highest BCUT2D eigenvalue weighted by Gasteiger charge is 2.51. The van der Waals surface area contributed by atoms with E-state index < -0.39 is 0 Å². The lowest BCUT2D eigenvalue weighted by molar-refractivity contribution is -0.00526. The summed E-state index contributed by atoms with van der Waals surface area (Å²) in [5.41, 5.74) is 8.59. The third kappa shape index (κ3) is 2.49. The van der Waals surface area contributed by atoms with Crippen molar-refractivity contribution in [1.29, 1.82) is 0 Å². The van der Waals surface area contributed by atoms with Crippen LogP contribution in [0, 0.1) is 21.3 Å². The quantitative estimate of drug-likeness (QED) is 0.700. The Balaban J connectivity index is 0.00000132. The van der Waals surface area contributed by atoms with Gasteiger partial charge in [0.05, 0.1) is 3.57 Å². The van der Waals surface area contributed by atoms with E-state index in [2.05, 4.69) is 34.7 Å². The molecule has 0 aromatic heterocycles. The maximum Gasteiger partial charge on any atom is 0.133 e. The zero-order valence-corrected chi connectivity index (χ0v) is 15.1. The molecule has 0 aliphatic heterocycles. The Morgan fingerprint density at radius 1 is 1.10 bits per heavy atom. The van der Waals surface area contributed by atoms with Crippen LogP contribution in [-0.4, -0.2) is 5.11 Å². The van der Waals surface area contributed by atoms with E-state index in [0.717, 1.165) is 26.9 Å². The summed E-state index contributed by atoms with van der Waals surface area (Å²) in [6.07, 6.45) is 8.51. The minimum Gasteiger partial charge on any atom is -0.507 e. The minimum absolute atomic E-state index is 0. The normalized spacial score (nSPS) is 36.6. The number of hydrogen-bond donors (Lipinski definition) is 2. The SMILES string of the molecule is Cl.NCc1cc(C23CC4CC(CC(C4)C2)C3)cc(I)c1O. The molecule has 4 heteroatoms. The lowest BCUT2D eigenvalue weighted by atomic mass is 9.48. The van der Waals surface area contributed by atoms with E-state index in [1.54, 1.807) is 0 Å². The molecule has 4 fully saturated rings. The molecule has 0 heterocycles. The smallest absolute Gasteiger partial charge is 0.133 e. The fourth-order valence-electron chi connectivity index (χ4n) is 5.58. The third-order valence-corrected chi connectivity index (χ3v) is 6.84. The first-order chi connectivity index (χ1) is 9.59. The van der Waals surface area contributed by atoms with Gasteiger partial charge in [-0.3, -0.25) is 0 Å². The van der Waals surface area contributed by atoms with E-state index in [1.807, 2.05) is 0 Å². The average Bonchev–Trinajstić information content (AvgIpc) is 2.40. The van der Waals surface area contributed by atoms with Crippen molar-refractivity contribution in [2.45, 2.75) is 50.5 Å². The molecule has 0 radical (unpaired) electrons. The Hall–Kier alpha value is -0.0000000000000000555. The van der Waals surface area contributed by atoms with Crippen LogP contribution < -0.4 is 5.73 Å². The molecular weight excluding hydrogens is 397 g/mol. The standard InChI is InChI=1S/C17H22INO.ClH/c18-15-5-14(4-13(9-19)16(15)20)17-6-10-1-11(7-17)3-12(2-10)8-17;/h4-5,10-12,20H,1-3,6-9,19H2;1H. The fourth-order valence-corrected chi connectivity index (χ4v) is 6.26. The minimum atomic E-state index is 0. The van der Waals surface area contributed by atoms with E-state index in [0.29, 0.717) is 17.7 Å². The van der Waals surface area contributed by atoms with Crippen LogP contribution in [0.3, 0.4) is 0 Å². The molecule has 2 nitrogen and oxygen atoms in total. The van der Waals surface area contributed by atoms with Gasteiger partial charge >= 0.3 is 0 Å². The predicted octanol–water partition coefficient (Wildman–Crippen LogP) is 4.35. The molecule has 0 saturated heterocycles. The average molecular weight is 420 g/mol. The second-order valence-electron chi connectivity index (χ2n) is 7.37. The van der Waals surface area contributed by atoms with Crippen molar-refractivity contribution in [3.05, 3.63) is 26.8 Å². The molecule has 4 aliphatic rings. The number of aromatic hydroxyl groups is 1. The van der Waals surface area contributed by atoms with Gasteiger partial charge in [0.15, 0.2) is 0 Å². The summed E-state index contributed by atoms with van der Waals surface area (Å²) in [5.74, 6) is 3.25. The van der Waals surface area contributed by atoms with Crippen LogP contribution in [-0.2, 0) is 12.0 Å². The summed E-state index contributed by atoms with van der Waals surface area (Å²) in [7, 11) is 0. The van der Waals surface area contributed by atoms with Crippen molar-refractivity contribution < 1.29 is 5.11 Å².